The van der Waals surface area contributed by atoms with Crippen molar-refractivity contribution in [1.82, 2.24) is 0 Å². The monoisotopic (exact) mass is 828 g/mol. The first-order valence-electron chi connectivity index (χ1n) is 24.1. The Morgan fingerprint density at radius 3 is 1.33 bits per heavy atom. The normalized spacial score (nSPS) is 13.9. The molecule has 0 saturated carbocycles. The fourth-order valence-corrected chi connectivity index (χ4v) is 7.44. The summed E-state index contributed by atoms with van der Waals surface area (Å²) >= 11 is 0. The van der Waals surface area contributed by atoms with Crippen LogP contribution in [0, 0.1) is 0 Å². The van der Waals surface area contributed by atoms with Crippen molar-refractivity contribution in [1.29, 1.82) is 0 Å². The van der Waals surface area contributed by atoms with Crippen molar-refractivity contribution in [3.05, 3.63) is 24.3 Å². The van der Waals surface area contributed by atoms with Crippen molar-refractivity contribution in [2.75, 3.05) is 54.1 Å². The van der Waals surface area contributed by atoms with E-state index in [1.54, 1.807) is 0 Å². The maximum absolute atomic E-state index is 12.7. The van der Waals surface area contributed by atoms with Crippen LogP contribution >= 0.6 is 7.82 Å². The molecular weight excluding hydrogens is 734 g/mol. The van der Waals surface area contributed by atoms with Gasteiger partial charge in [0, 0.05) is 13.0 Å². The van der Waals surface area contributed by atoms with Gasteiger partial charge in [-0.3, -0.25) is 9.36 Å². The summed E-state index contributed by atoms with van der Waals surface area (Å²) in [4.78, 5) is 25.1. The van der Waals surface area contributed by atoms with E-state index in [4.69, 9.17) is 18.5 Å². The van der Waals surface area contributed by atoms with Gasteiger partial charge in [-0.1, -0.05) is 173 Å². The third-order valence-corrected chi connectivity index (χ3v) is 11.4. The first-order chi connectivity index (χ1) is 27.6. The van der Waals surface area contributed by atoms with Crippen molar-refractivity contribution < 1.29 is 37.3 Å². The third-order valence-electron chi connectivity index (χ3n) is 10.5. The summed E-state index contributed by atoms with van der Waals surface area (Å²) in [6, 6.07) is 0. The highest BCUT2D eigenvalue weighted by molar-refractivity contribution is 7.45. The van der Waals surface area contributed by atoms with E-state index in [9.17, 15) is 14.3 Å². The third kappa shape index (κ3) is 45.9. The van der Waals surface area contributed by atoms with E-state index >= 15 is 0 Å². The molecule has 0 aliphatic carbocycles. The highest BCUT2D eigenvalue weighted by Gasteiger charge is 2.20. The average Bonchev–Trinajstić information content (AvgIpc) is 3.16. The molecule has 0 aliphatic heterocycles. The van der Waals surface area contributed by atoms with E-state index in [1.807, 2.05) is 21.1 Å². The molecule has 338 valence electrons. The molecule has 0 spiro atoms. The number of allylic oxidation sites excluding steroid dienone is 4. The Labute approximate surface area is 353 Å². The van der Waals surface area contributed by atoms with Gasteiger partial charge in [0.05, 0.1) is 34.4 Å². The van der Waals surface area contributed by atoms with Gasteiger partial charge in [0.25, 0.3) is 7.82 Å². The van der Waals surface area contributed by atoms with Crippen molar-refractivity contribution >= 4 is 13.8 Å². The van der Waals surface area contributed by atoms with Crippen molar-refractivity contribution in [2.45, 2.75) is 225 Å². The molecule has 0 bridgehead atoms. The molecule has 0 fully saturated rings. The quantitative estimate of drug-likeness (QED) is 0.0198. The second kappa shape index (κ2) is 41.7. The Balaban J connectivity index is 4.18. The number of carbonyl (C=O) groups is 1. The molecule has 2 unspecified atom stereocenters. The molecule has 9 heteroatoms. The number of phosphoric acid groups is 1. The van der Waals surface area contributed by atoms with Gasteiger partial charge in [0.1, 0.15) is 19.3 Å². The highest BCUT2D eigenvalue weighted by Crippen LogP contribution is 2.38. The molecule has 0 radical (unpaired) electrons. The molecule has 0 N–H and O–H groups in total. The minimum atomic E-state index is -4.53. The molecule has 0 aromatic rings. The average molecular weight is 828 g/mol. The number of carbonyl (C=O) groups excluding carboxylic acids is 1. The maximum Gasteiger partial charge on any atom is 0.306 e. The zero-order valence-corrected chi connectivity index (χ0v) is 39.2. The number of hydrogen-bond donors (Lipinski definition) is 0. The van der Waals surface area contributed by atoms with Gasteiger partial charge in [-0.25, -0.2) is 0 Å². The summed E-state index contributed by atoms with van der Waals surface area (Å²) < 4.78 is 34.7. The number of likely N-dealkylation sites (N-methyl/N-ethyl adjacent to an activating group) is 1. The molecule has 0 aromatic carbocycles. The highest BCUT2D eigenvalue weighted by atomic mass is 31.2. The summed E-state index contributed by atoms with van der Waals surface area (Å²) in [5, 5.41) is 0. The minimum absolute atomic E-state index is 0.0260. The Kier molecular flexibility index (Phi) is 41.0. The van der Waals surface area contributed by atoms with Gasteiger partial charge in [0.2, 0.25) is 0 Å². The predicted molar refractivity (Wildman–Crippen MR) is 240 cm³/mol. The number of ether oxygens (including phenoxy) is 2. The summed E-state index contributed by atoms with van der Waals surface area (Å²) in [7, 11) is 1.36. The lowest BCUT2D eigenvalue weighted by Gasteiger charge is -2.28. The van der Waals surface area contributed by atoms with Gasteiger partial charge in [-0.05, 0) is 64.2 Å². The van der Waals surface area contributed by atoms with Gasteiger partial charge in [0.15, 0.2) is 0 Å². The molecule has 0 amide bonds. The van der Waals surface area contributed by atoms with Crippen LogP contribution in [-0.2, 0) is 27.9 Å². The largest absolute Gasteiger partial charge is 0.756 e. The Hall–Kier alpha value is -1.02. The van der Waals surface area contributed by atoms with Crippen LogP contribution < -0.4 is 4.89 Å². The summed E-state index contributed by atoms with van der Waals surface area (Å²) in [6.45, 7) is 5.42. The van der Waals surface area contributed by atoms with Crippen LogP contribution in [0.15, 0.2) is 24.3 Å². The first kappa shape index (κ1) is 56.0. The Bertz CT molecular complexity index is 967. The van der Waals surface area contributed by atoms with E-state index < -0.39 is 13.9 Å². The predicted octanol–water partition coefficient (Wildman–Crippen LogP) is 13.8. The first-order valence-corrected chi connectivity index (χ1v) is 25.5. The van der Waals surface area contributed by atoms with Crippen molar-refractivity contribution in [2.24, 2.45) is 0 Å². The molecule has 0 saturated heterocycles. The topological polar surface area (TPSA) is 94.1 Å². The van der Waals surface area contributed by atoms with Crippen LogP contribution in [-0.4, -0.2) is 70.7 Å². The Morgan fingerprint density at radius 2 is 0.912 bits per heavy atom. The minimum Gasteiger partial charge on any atom is -0.756 e. The zero-order chi connectivity index (χ0) is 42.0. The van der Waals surface area contributed by atoms with Crippen LogP contribution in [0.3, 0.4) is 0 Å². The molecule has 0 aliphatic rings. The number of rotatable bonds is 45. The number of phosphoric ester groups is 1. The molecule has 8 nitrogen and oxygen atoms in total. The maximum atomic E-state index is 12.7. The van der Waals surface area contributed by atoms with E-state index in [2.05, 4.69) is 38.2 Å². The number of hydrogen-bond acceptors (Lipinski definition) is 7. The van der Waals surface area contributed by atoms with E-state index in [1.165, 1.54) is 167 Å². The fraction of sp³-hybridized carbons (Fsp3) is 0.896. The van der Waals surface area contributed by atoms with Gasteiger partial charge in [-0.2, -0.15) is 0 Å². The smallest absolute Gasteiger partial charge is 0.306 e. The molecule has 0 heterocycles. The SMILES string of the molecule is CCCCCCCC/C=C\CCCCCCCCCCCC(=O)OC(COCCCCCCCC/C=C\CCCCCCCC)COP(=O)([O-])OCC[N+](C)(C)C. The second-order valence-electron chi connectivity index (χ2n) is 17.5. The Morgan fingerprint density at radius 1 is 0.526 bits per heavy atom. The molecule has 0 aromatic heterocycles. The summed E-state index contributed by atoms with van der Waals surface area (Å²) in [5.41, 5.74) is 0. The van der Waals surface area contributed by atoms with Crippen molar-refractivity contribution in [3.8, 4) is 0 Å². The zero-order valence-electron chi connectivity index (χ0n) is 38.3. The lowest BCUT2D eigenvalue weighted by molar-refractivity contribution is -0.870. The van der Waals surface area contributed by atoms with Gasteiger partial charge in [-0.15, -0.1) is 0 Å². The lowest BCUT2D eigenvalue weighted by atomic mass is 10.1. The van der Waals surface area contributed by atoms with Crippen LogP contribution in [0.1, 0.15) is 219 Å². The summed E-state index contributed by atoms with van der Waals surface area (Å²) in [6.07, 6.45) is 47.6. The lowest BCUT2D eigenvalue weighted by Crippen LogP contribution is -2.37. The summed E-state index contributed by atoms with van der Waals surface area (Å²) in [5.74, 6) is -0.336. The molecule has 57 heavy (non-hydrogen) atoms. The number of esters is 1. The van der Waals surface area contributed by atoms with E-state index in [-0.39, 0.29) is 25.8 Å². The second-order valence-corrected chi connectivity index (χ2v) is 18.9. The standard InChI is InChI=1S/C48H94NO7P/c1-6-8-10-12-14-16-18-20-22-24-25-26-27-29-31-33-35-37-39-41-48(50)56-47(46-55-57(51,52)54-44-42-49(3,4)5)45-53-43-40-38-36-34-32-30-28-23-21-19-17-15-13-11-9-7-2/h20-23,47H,6-19,24-46H2,1-5H3/b22-20-,23-21-. The van der Waals surface area contributed by atoms with E-state index in [0.717, 1.165) is 32.1 Å². The van der Waals surface area contributed by atoms with Crippen LogP contribution in [0.25, 0.3) is 0 Å². The van der Waals surface area contributed by atoms with Gasteiger partial charge < -0.3 is 27.9 Å². The number of quaternary nitrogens is 1. The fourth-order valence-electron chi connectivity index (χ4n) is 6.71. The van der Waals surface area contributed by atoms with Crippen LogP contribution in [0.4, 0.5) is 0 Å². The molecular formula is C48H94NO7P. The number of nitrogens with zero attached hydrogens (tertiary/aromatic N) is 1. The van der Waals surface area contributed by atoms with Gasteiger partial charge >= 0.3 is 5.97 Å². The van der Waals surface area contributed by atoms with Crippen LogP contribution in [0.5, 0.6) is 0 Å². The van der Waals surface area contributed by atoms with E-state index in [0.29, 0.717) is 24.1 Å². The number of unbranched alkanes of at least 4 members (excludes halogenated alkanes) is 27. The van der Waals surface area contributed by atoms with Crippen LogP contribution in [0.2, 0.25) is 0 Å². The molecule has 0 rings (SSSR count). The molecule has 2 atom stereocenters. The van der Waals surface area contributed by atoms with Crippen molar-refractivity contribution in [3.63, 3.8) is 0 Å².